The van der Waals surface area contributed by atoms with Crippen LogP contribution in [0.15, 0.2) is 48.5 Å². The molecule has 10 heteroatoms. The smallest absolute Gasteiger partial charge is 0.407 e. The molecule has 0 saturated carbocycles. The lowest BCUT2D eigenvalue weighted by Crippen LogP contribution is -2.52. The summed E-state index contributed by atoms with van der Waals surface area (Å²) < 4.78 is 10.9. The van der Waals surface area contributed by atoms with Crippen molar-refractivity contribution in [2.24, 2.45) is 0 Å². The number of nitrogens with one attached hydrogen (secondary N) is 2. The number of aliphatic carboxylic acids is 1. The lowest BCUT2D eigenvalue weighted by molar-refractivity contribution is -0.149. The summed E-state index contributed by atoms with van der Waals surface area (Å²) in [5.74, 6) is -1.69. The number of amides is 3. The van der Waals surface area contributed by atoms with E-state index in [1.807, 2.05) is 48.5 Å². The lowest BCUT2D eigenvalue weighted by Gasteiger charge is -2.27. The van der Waals surface area contributed by atoms with Crippen LogP contribution in [-0.4, -0.2) is 71.5 Å². The normalized spacial score (nSPS) is 17.0. The highest BCUT2D eigenvalue weighted by Gasteiger charge is 2.38. The van der Waals surface area contributed by atoms with E-state index in [1.54, 1.807) is 20.8 Å². The number of hydrogen-bond donors (Lipinski definition) is 3. The van der Waals surface area contributed by atoms with Crippen molar-refractivity contribution in [3.63, 3.8) is 0 Å². The minimum absolute atomic E-state index is 0.0857. The van der Waals surface area contributed by atoms with E-state index in [0.29, 0.717) is 25.8 Å². The summed E-state index contributed by atoms with van der Waals surface area (Å²) >= 11 is 0. The van der Waals surface area contributed by atoms with Crippen LogP contribution in [0.4, 0.5) is 9.59 Å². The molecular formula is C30H37N3O7. The van der Waals surface area contributed by atoms with Crippen LogP contribution < -0.4 is 10.6 Å². The molecule has 214 valence electrons. The van der Waals surface area contributed by atoms with Gasteiger partial charge in [0.15, 0.2) is 0 Å². The van der Waals surface area contributed by atoms with Crippen molar-refractivity contribution in [2.45, 2.75) is 70.1 Å². The number of alkyl carbamates (subject to hydrolysis) is 2. The third-order valence-electron chi connectivity index (χ3n) is 7.09. The first-order chi connectivity index (χ1) is 19.0. The molecule has 1 aliphatic heterocycles. The van der Waals surface area contributed by atoms with Crippen molar-refractivity contribution in [1.29, 1.82) is 0 Å². The molecule has 1 aliphatic carbocycles. The predicted octanol–water partition coefficient (Wildman–Crippen LogP) is 4.27. The van der Waals surface area contributed by atoms with Crippen LogP contribution in [0.1, 0.15) is 63.5 Å². The van der Waals surface area contributed by atoms with E-state index < -0.39 is 41.7 Å². The number of likely N-dealkylation sites (tertiary alicyclic amines) is 1. The zero-order valence-electron chi connectivity index (χ0n) is 23.1. The number of carboxylic acids is 1. The molecule has 0 aromatic heterocycles. The van der Waals surface area contributed by atoms with Crippen molar-refractivity contribution in [3.8, 4) is 11.1 Å². The molecule has 10 nitrogen and oxygen atoms in total. The maximum atomic E-state index is 13.4. The Morgan fingerprint density at radius 2 is 1.62 bits per heavy atom. The summed E-state index contributed by atoms with van der Waals surface area (Å²) in [6.45, 7) is 5.88. The van der Waals surface area contributed by atoms with Gasteiger partial charge in [-0.1, -0.05) is 48.5 Å². The van der Waals surface area contributed by atoms with Gasteiger partial charge in [0, 0.05) is 19.0 Å². The van der Waals surface area contributed by atoms with E-state index in [2.05, 4.69) is 10.6 Å². The average Bonchev–Trinajstić information content (AvgIpc) is 3.51. The van der Waals surface area contributed by atoms with E-state index in [9.17, 15) is 24.3 Å². The van der Waals surface area contributed by atoms with Crippen LogP contribution in [0.25, 0.3) is 11.1 Å². The number of rotatable bonds is 9. The van der Waals surface area contributed by atoms with Gasteiger partial charge in [0.05, 0.1) is 0 Å². The molecule has 0 bridgehead atoms. The van der Waals surface area contributed by atoms with Crippen molar-refractivity contribution in [3.05, 3.63) is 59.7 Å². The fourth-order valence-corrected chi connectivity index (χ4v) is 5.34. The monoisotopic (exact) mass is 551 g/mol. The largest absolute Gasteiger partial charge is 0.480 e. The van der Waals surface area contributed by atoms with Crippen LogP contribution in [0, 0.1) is 0 Å². The van der Waals surface area contributed by atoms with Crippen LogP contribution in [0.2, 0.25) is 0 Å². The molecule has 0 unspecified atom stereocenters. The number of benzene rings is 2. The zero-order valence-corrected chi connectivity index (χ0v) is 23.1. The number of fused-ring (bicyclic) bond motifs is 3. The summed E-state index contributed by atoms with van der Waals surface area (Å²) in [7, 11) is 0. The Balaban J connectivity index is 1.39. The molecule has 3 N–H and O–H groups in total. The van der Waals surface area contributed by atoms with E-state index in [0.717, 1.165) is 22.3 Å². The molecule has 3 amide bonds. The molecule has 1 heterocycles. The molecule has 0 radical (unpaired) electrons. The fraction of sp³-hybridized carbons (Fsp3) is 0.467. The molecule has 2 aliphatic rings. The molecule has 1 saturated heterocycles. The molecule has 2 atom stereocenters. The van der Waals surface area contributed by atoms with E-state index >= 15 is 0 Å². The van der Waals surface area contributed by atoms with Gasteiger partial charge < -0.3 is 30.1 Å². The highest BCUT2D eigenvalue weighted by molar-refractivity contribution is 5.90. The van der Waals surface area contributed by atoms with Crippen LogP contribution in [0.5, 0.6) is 0 Å². The Hall–Kier alpha value is -4.08. The quantitative estimate of drug-likeness (QED) is 0.396. The van der Waals surface area contributed by atoms with Crippen LogP contribution in [-0.2, 0) is 19.1 Å². The van der Waals surface area contributed by atoms with Gasteiger partial charge in [-0.15, -0.1) is 0 Å². The minimum atomic E-state index is -1.07. The second-order valence-electron chi connectivity index (χ2n) is 11.1. The number of carbonyl (C=O) groups is 4. The molecule has 2 aromatic carbocycles. The molecule has 4 rings (SSSR count). The van der Waals surface area contributed by atoms with Gasteiger partial charge in [-0.25, -0.2) is 14.4 Å². The fourth-order valence-electron chi connectivity index (χ4n) is 5.34. The average molecular weight is 552 g/mol. The molecular weight excluding hydrogens is 514 g/mol. The maximum absolute atomic E-state index is 13.4. The number of hydrogen-bond acceptors (Lipinski definition) is 6. The predicted molar refractivity (Wildman–Crippen MR) is 148 cm³/mol. The number of ether oxygens (including phenoxy) is 2. The molecule has 0 spiro atoms. The topological polar surface area (TPSA) is 134 Å². The first-order valence-corrected chi connectivity index (χ1v) is 13.7. The Morgan fingerprint density at radius 3 is 2.23 bits per heavy atom. The Morgan fingerprint density at radius 1 is 1.00 bits per heavy atom. The summed E-state index contributed by atoms with van der Waals surface area (Å²) in [6, 6.07) is 14.0. The Kier molecular flexibility index (Phi) is 8.96. The molecule has 1 fully saturated rings. The Bertz CT molecular complexity index is 1210. The highest BCUT2D eigenvalue weighted by Crippen LogP contribution is 2.44. The third-order valence-corrected chi connectivity index (χ3v) is 7.09. The summed E-state index contributed by atoms with van der Waals surface area (Å²) in [4.78, 5) is 51.3. The second-order valence-corrected chi connectivity index (χ2v) is 11.1. The lowest BCUT2D eigenvalue weighted by atomic mass is 9.98. The standard InChI is InChI=1S/C30H37N3O7/c1-30(2,3)40-28(37)31-16-8-14-24(26(34)33-17-9-15-25(33)27(35)36)32-29(38)39-18-23-21-12-6-4-10-19(21)20-11-5-7-13-22(20)23/h4-7,10-13,23-25H,8-9,14-18H2,1-3H3,(H,31,37)(H,32,38)(H,35,36)/t24-,25-/m0/s1. The zero-order chi connectivity index (χ0) is 28.9. The first kappa shape index (κ1) is 28.9. The van der Waals surface area contributed by atoms with Gasteiger partial charge in [-0.3, -0.25) is 4.79 Å². The molecule has 40 heavy (non-hydrogen) atoms. The number of carbonyl (C=O) groups excluding carboxylic acids is 3. The molecule has 2 aromatic rings. The Labute approximate surface area is 234 Å². The van der Waals surface area contributed by atoms with Gasteiger partial charge >= 0.3 is 18.2 Å². The van der Waals surface area contributed by atoms with Crippen molar-refractivity contribution < 1.29 is 33.8 Å². The second kappa shape index (κ2) is 12.4. The van der Waals surface area contributed by atoms with Gasteiger partial charge in [0.1, 0.15) is 24.3 Å². The SMILES string of the molecule is CC(C)(C)OC(=O)NCCC[C@H](NC(=O)OCC1c2ccccc2-c2ccccc21)C(=O)N1CCC[C@H]1C(=O)O. The van der Waals surface area contributed by atoms with E-state index in [4.69, 9.17) is 9.47 Å². The highest BCUT2D eigenvalue weighted by atomic mass is 16.6. The first-order valence-electron chi connectivity index (χ1n) is 13.7. The van der Waals surface area contributed by atoms with Crippen molar-refractivity contribution in [1.82, 2.24) is 15.5 Å². The van der Waals surface area contributed by atoms with Crippen molar-refractivity contribution in [2.75, 3.05) is 19.7 Å². The number of carboxylic acid groups (broad SMARTS) is 1. The van der Waals surface area contributed by atoms with Crippen LogP contribution in [0.3, 0.4) is 0 Å². The minimum Gasteiger partial charge on any atom is -0.480 e. The van der Waals surface area contributed by atoms with Gasteiger partial charge in [0.2, 0.25) is 5.91 Å². The van der Waals surface area contributed by atoms with Crippen LogP contribution >= 0.6 is 0 Å². The van der Waals surface area contributed by atoms with Gasteiger partial charge in [-0.05, 0) is 68.7 Å². The number of nitrogens with zero attached hydrogens (tertiary/aromatic N) is 1. The summed E-state index contributed by atoms with van der Waals surface area (Å²) in [5, 5.41) is 14.9. The van der Waals surface area contributed by atoms with Gasteiger partial charge in [-0.2, -0.15) is 0 Å². The summed E-state index contributed by atoms with van der Waals surface area (Å²) in [5.41, 5.74) is 3.70. The third kappa shape index (κ3) is 6.91. The van der Waals surface area contributed by atoms with Gasteiger partial charge in [0.25, 0.3) is 0 Å². The maximum Gasteiger partial charge on any atom is 0.407 e. The summed E-state index contributed by atoms with van der Waals surface area (Å²) in [6.07, 6.45) is 0.128. The van der Waals surface area contributed by atoms with E-state index in [1.165, 1.54) is 4.90 Å². The van der Waals surface area contributed by atoms with E-state index in [-0.39, 0.29) is 25.5 Å². The van der Waals surface area contributed by atoms with Crippen molar-refractivity contribution >= 4 is 24.1 Å².